The Morgan fingerprint density at radius 2 is 2.11 bits per heavy atom. The maximum Gasteiger partial charge on any atom is 0.306 e. The summed E-state index contributed by atoms with van der Waals surface area (Å²) in [5.41, 5.74) is 2.00. The van der Waals surface area contributed by atoms with Gasteiger partial charge in [0.2, 0.25) is 0 Å². The largest absolute Gasteiger partial charge is 0.469 e. The summed E-state index contributed by atoms with van der Waals surface area (Å²) in [6, 6.07) is 5.95. The fraction of sp³-hybridized carbons (Fsp3) is 0.571. The summed E-state index contributed by atoms with van der Waals surface area (Å²) in [6.07, 6.45) is 0.381. The molecule has 5 nitrogen and oxygen atoms in total. The van der Waals surface area contributed by atoms with Gasteiger partial charge in [-0.3, -0.25) is 14.7 Å². The Bertz CT molecular complexity index is 396. The van der Waals surface area contributed by atoms with Crippen molar-refractivity contribution in [2.24, 2.45) is 0 Å². The SMILES string of the molecule is COCCN(CCC(=O)OC)Cc1cccc(C)n1. The number of esters is 1. The van der Waals surface area contributed by atoms with Crippen LogP contribution >= 0.6 is 0 Å². The summed E-state index contributed by atoms with van der Waals surface area (Å²) in [6.45, 7) is 4.72. The molecule has 1 aromatic heterocycles. The zero-order valence-corrected chi connectivity index (χ0v) is 11.9. The molecule has 0 unspecified atom stereocenters. The number of nitrogens with zero attached hydrogens (tertiary/aromatic N) is 2. The van der Waals surface area contributed by atoms with E-state index in [9.17, 15) is 4.79 Å². The van der Waals surface area contributed by atoms with Crippen molar-refractivity contribution in [3.63, 3.8) is 0 Å². The number of rotatable bonds is 8. The third-order valence-corrected chi connectivity index (χ3v) is 2.80. The Balaban J connectivity index is 2.55. The van der Waals surface area contributed by atoms with Gasteiger partial charge in [-0.05, 0) is 19.1 Å². The Morgan fingerprint density at radius 1 is 1.32 bits per heavy atom. The molecule has 0 fully saturated rings. The summed E-state index contributed by atoms with van der Waals surface area (Å²) >= 11 is 0. The van der Waals surface area contributed by atoms with E-state index in [4.69, 9.17) is 4.74 Å². The van der Waals surface area contributed by atoms with E-state index < -0.39 is 0 Å². The molecule has 0 spiro atoms. The summed E-state index contributed by atoms with van der Waals surface area (Å²) in [5, 5.41) is 0. The highest BCUT2D eigenvalue weighted by molar-refractivity contribution is 5.69. The lowest BCUT2D eigenvalue weighted by atomic mass is 10.3. The maximum atomic E-state index is 11.2. The fourth-order valence-corrected chi connectivity index (χ4v) is 1.76. The van der Waals surface area contributed by atoms with E-state index in [1.807, 2.05) is 25.1 Å². The molecule has 19 heavy (non-hydrogen) atoms. The number of carbonyl (C=O) groups is 1. The topological polar surface area (TPSA) is 51.7 Å². The smallest absolute Gasteiger partial charge is 0.306 e. The summed E-state index contributed by atoms with van der Waals surface area (Å²) in [5.74, 6) is -0.195. The van der Waals surface area contributed by atoms with Crippen molar-refractivity contribution in [2.75, 3.05) is 33.9 Å². The van der Waals surface area contributed by atoms with Crippen LogP contribution in [0.2, 0.25) is 0 Å². The Kier molecular flexibility index (Phi) is 7.07. The third-order valence-electron chi connectivity index (χ3n) is 2.80. The minimum atomic E-state index is -0.195. The fourth-order valence-electron chi connectivity index (χ4n) is 1.76. The number of hydrogen-bond acceptors (Lipinski definition) is 5. The lowest BCUT2D eigenvalue weighted by molar-refractivity contribution is -0.141. The normalized spacial score (nSPS) is 10.7. The van der Waals surface area contributed by atoms with E-state index in [1.165, 1.54) is 7.11 Å². The third kappa shape index (κ3) is 6.31. The molecule has 0 atom stereocenters. The minimum Gasteiger partial charge on any atom is -0.469 e. The van der Waals surface area contributed by atoms with Crippen molar-refractivity contribution in [2.45, 2.75) is 19.9 Å². The molecule has 0 saturated heterocycles. The summed E-state index contributed by atoms with van der Waals surface area (Å²) < 4.78 is 9.75. The van der Waals surface area contributed by atoms with Crippen molar-refractivity contribution in [1.29, 1.82) is 0 Å². The van der Waals surface area contributed by atoms with Crippen molar-refractivity contribution in [3.8, 4) is 0 Å². The molecule has 0 N–H and O–H groups in total. The van der Waals surface area contributed by atoms with Gasteiger partial charge in [-0.1, -0.05) is 6.07 Å². The van der Waals surface area contributed by atoms with Crippen LogP contribution in [0.25, 0.3) is 0 Å². The van der Waals surface area contributed by atoms with Gasteiger partial charge in [-0.2, -0.15) is 0 Å². The molecule has 1 aromatic rings. The average Bonchev–Trinajstić information content (AvgIpc) is 2.41. The second-order valence-corrected chi connectivity index (χ2v) is 4.37. The quantitative estimate of drug-likeness (QED) is 0.666. The van der Waals surface area contributed by atoms with Crippen LogP contribution in [0.4, 0.5) is 0 Å². The Morgan fingerprint density at radius 3 is 2.74 bits per heavy atom. The molecular weight excluding hydrogens is 244 g/mol. The summed E-state index contributed by atoms with van der Waals surface area (Å²) in [4.78, 5) is 17.8. The van der Waals surface area contributed by atoms with Crippen molar-refractivity contribution in [3.05, 3.63) is 29.6 Å². The van der Waals surface area contributed by atoms with E-state index in [-0.39, 0.29) is 5.97 Å². The first-order valence-electron chi connectivity index (χ1n) is 6.36. The second-order valence-electron chi connectivity index (χ2n) is 4.37. The molecule has 0 aromatic carbocycles. The standard InChI is InChI=1S/C14H22N2O3/c1-12-5-4-6-13(15-12)11-16(9-10-18-2)8-7-14(17)19-3/h4-6H,7-11H2,1-3H3. The van der Waals surface area contributed by atoms with Crippen molar-refractivity contribution < 1.29 is 14.3 Å². The number of aromatic nitrogens is 1. The monoisotopic (exact) mass is 266 g/mol. The first-order valence-corrected chi connectivity index (χ1v) is 6.36. The highest BCUT2D eigenvalue weighted by Gasteiger charge is 2.10. The van der Waals surface area contributed by atoms with Crippen LogP contribution in [0, 0.1) is 6.92 Å². The van der Waals surface area contributed by atoms with Gasteiger partial charge in [0.05, 0.1) is 25.8 Å². The highest BCUT2D eigenvalue weighted by Crippen LogP contribution is 2.04. The molecule has 1 heterocycles. The maximum absolute atomic E-state index is 11.2. The molecule has 5 heteroatoms. The van der Waals surface area contributed by atoms with Gasteiger partial charge in [-0.15, -0.1) is 0 Å². The highest BCUT2D eigenvalue weighted by atomic mass is 16.5. The van der Waals surface area contributed by atoms with Gasteiger partial charge in [-0.25, -0.2) is 0 Å². The number of aryl methyl sites for hydroxylation is 1. The zero-order valence-electron chi connectivity index (χ0n) is 11.9. The van der Waals surface area contributed by atoms with Gasteiger partial charge in [0.25, 0.3) is 0 Å². The molecule has 106 valence electrons. The molecule has 0 aliphatic heterocycles. The molecular formula is C14H22N2O3. The van der Waals surface area contributed by atoms with Gasteiger partial charge in [0.1, 0.15) is 0 Å². The molecule has 0 bridgehead atoms. The van der Waals surface area contributed by atoms with Crippen LogP contribution in [0.5, 0.6) is 0 Å². The number of ether oxygens (including phenoxy) is 2. The zero-order chi connectivity index (χ0) is 14.1. The van der Waals surface area contributed by atoms with Gasteiger partial charge in [0.15, 0.2) is 0 Å². The number of methoxy groups -OCH3 is 2. The molecule has 0 saturated carbocycles. The molecule has 0 aliphatic rings. The second kappa shape index (κ2) is 8.61. The van der Waals surface area contributed by atoms with E-state index in [0.717, 1.165) is 17.9 Å². The predicted molar refractivity (Wildman–Crippen MR) is 72.8 cm³/mol. The van der Waals surface area contributed by atoms with Crippen LogP contribution in [0.15, 0.2) is 18.2 Å². The number of carbonyl (C=O) groups excluding carboxylic acids is 1. The van der Waals surface area contributed by atoms with Crippen molar-refractivity contribution in [1.82, 2.24) is 9.88 Å². The van der Waals surface area contributed by atoms with E-state index in [2.05, 4.69) is 14.6 Å². The number of pyridine rings is 1. The Labute approximate surface area is 114 Å². The molecule has 0 aliphatic carbocycles. The lowest BCUT2D eigenvalue weighted by Gasteiger charge is -2.21. The molecule has 0 radical (unpaired) electrons. The van der Waals surface area contributed by atoms with Crippen LogP contribution in [0.3, 0.4) is 0 Å². The Hall–Kier alpha value is -1.46. The summed E-state index contributed by atoms with van der Waals surface area (Å²) in [7, 11) is 3.08. The van der Waals surface area contributed by atoms with E-state index in [0.29, 0.717) is 26.1 Å². The van der Waals surface area contributed by atoms with Crippen LogP contribution in [-0.4, -0.2) is 49.8 Å². The van der Waals surface area contributed by atoms with Crippen molar-refractivity contribution >= 4 is 5.97 Å². The number of hydrogen-bond donors (Lipinski definition) is 0. The lowest BCUT2D eigenvalue weighted by Crippen LogP contribution is -2.30. The predicted octanol–water partition coefficient (Wildman–Crippen LogP) is 1.40. The molecule has 0 amide bonds. The van der Waals surface area contributed by atoms with Crippen LogP contribution in [-0.2, 0) is 20.8 Å². The first-order chi connectivity index (χ1) is 9.15. The first kappa shape index (κ1) is 15.6. The van der Waals surface area contributed by atoms with Crippen LogP contribution in [0.1, 0.15) is 17.8 Å². The molecule has 1 rings (SSSR count). The van der Waals surface area contributed by atoms with Gasteiger partial charge < -0.3 is 9.47 Å². The van der Waals surface area contributed by atoms with Gasteiger partial charge >= 0.3 is 5.97 Å². The average molecular weight is 266 g/mol. The van der Waals surface area contributed by atoms with E-state index in [1.54, 1.807) is 7.11 Å². The minimum absolute atomic E-state index is 0.195. The van der Waals surface area contributed by atoms with Crippen LogP contribution < -0.4 is 0 Å². The van der Waals surface area contributed by atoms with E-state index >= 15 is 0 Å². The van der Waals surface area contributed by atoms with Gasteiger partial charge in [0, 0.05) is 32.4 Å².